The molecule has 0 aromatic rings. The molecule has 0 amide bonds. The molecule has 0 aromatic carbocycles. The molecule has 0 saturated heterocycles. The summed E-state index contributed by atoms with van der Waals surface area (Å²) in [7, 11) is -6.45. The number of hydrogen-bond donors (Lipinski definition) is 2. The molecule has 0 aliphatic carbocycles. The van der Waals surface area contributed by atoms with Crippen molar-refractivity contribution in [3.05, 3.63) is 0 Å². The lowest BCUT2D eigenvalue weighted by atomic mass is 9.88. The predicted molar refractivity (Wildman–Crippen MR) is 160 cm³/mol. The molecule has 0 aromatic heterocycles. The van der Waals surface area contributed by atoms with Crippen LogP contribution in [0, 0.1) is 0 Å². The van der Waals surface area contributed by atoms with Crippen molar-refractivity contribution in [2.45, 2.75) is 120 Å². The van der Waals surface area contributed by atoms with Crippen molar-refractivity contribution in [3.8, 4) is 0 Å². The number of rotatable bonds is 29. The first kappa shape index (κ1) is 67.8. The maximum absolute atomic E-state index is 14.0. The number of hydrogen-bond acceptors (Lipinski definition) is 6. The van der Waals surface area contributed by atoms with Crippen LogP contribution >= 0.6 is 0 Å². The fourth-order valence-electron chi connectivity index (χ4n) is 4.44. The van der Waals surface area contributed by atoms with Crippen molar-refractivity contribution in [2.75, 3.05) is 49.4 Å². The summed E-state index contributed by atoms with van der Waals surface area (Å²) < 4.78 is 487. The van der Waals surface area contributed by atoms with Gasteiger partial charge in [-0.15, -0.1) is 0 Å². The second-order valence-electron chi connectivity index (χ2n) is 13.9. The molecule has 0 rings (SSSR count). The van der Waals surface area contributed by atoms with Gasteiger partial charge >= 0.3 is 95.3 Å². The van der Waals surface area contributed by atoms with Gasteiger partial charge in [0.2, 0.25) is 0 Å². The minimum absolute atomic E-state index is 0.870. The summed E-state index contributed by atoms with van der Waals surface area (Å²) in [4.78, 5) is 0. The molecule has 0 bridgehead atoms. The highest BCUT2D eigenvalue weighted by Crippen LogP contribution is 2.66. The maximum atomic E-state index is 14.0. The first-order valence-electron chi connectivity index (χ1n) is 16.9. The van der Waals surface area contributed by atoms with E-state index in [1.54, 1.807) is 0 Å². The largest absolute Gasteiger partial charge is 0.460 e. The van der Waals surface area contributed by atoms with Crippen LogP contribution in [0.15, 0.2) is 0 Å². The molecule has 4 unspecified atom stereocenters. The third kappa shape index (κ3) is 11.8. The van der Waals surface area contributed by atoms with Gasteiger partial charge in [0.1, 0.15) is 0 Å². The van der Waals surface area contributed by atoms with Gasteiger partial charge in [0, 0.05) is 45.9 Å². The highest BCUT2D eigenvalue weighted by atomic mass is 32.2. The van der Waals surface area contributed by atoms with Crippen LogP contribution in [0.25, 0.3) is 0 Å². The predicted octanol–water partition coefficient (Wildman–Crippen LogP) is 10.0. The summed E-state index contributed by atoms with van der Waals surface area (Å²) in [6, 6.07) is 0. The lowest BCUT2D eigenvalue weighted by Gasteiger charge is -2.42. The van der Waals surface area contributed by atoms with Crippen LogP contribution in [0.3, 0.4) is 0 Å². The Balaban J connectivity index is 5.34. The van der Waals surface area contributed by atoms with Crippen molar-refractivity contribution in [2.24, 2.45) is 0 Å². The van der Waals surface area contributed by atoms with Crippen LogP contribution in [-0.2, 0) is 31.1 Å². The summed E-state index contributed by atoms with van der Waals surface area (Å²) in [6.07, 6.45) is -26.6. The Labute approximate surface area is 369 Å². The minimum Gasteiger partial charge on any atom is -0.390 e. The molecule has 0 heterocycles. The summed E-state index contributed by atoms with van der Waals surface area (Å²) in [5.74, 6) is -124. The zero-order valence-electron chi connectivity index (χ0n) is 32.4. The number of aliphatic hydroxyl groups is 2. The Hall–Kier alpha value is -2.24. The standard InChI is InChI=1S/C28H24F34O6S2/c29-13(30,15(33,34)17(37,38)19(41,42)21(45,46)23(49,50)25(53,54)27(57,58)59)1-5-69(65)9-11(63)7-67-3-4-68-8-12(64)10-70(66)6-2-14(31,32)16(35,36)18(39,40)20(43,44)22(47,48)24(51,52)26(55,56)28(60,61)62/h11-12,63-64H,1-10H2. The van der Waals surface area contributed by atoms with E-state index in [9.17, 15) is 168 Å². The first-order chi connectivity index (χ1) is 30.3. The van der Waals surface area contributed by atoms with Crippen molar-refractivity contribution in [3.63, 3.8) is 0 Å². The second-order valence-corrected chi connectivity index (χ2v) is 17.1. The smallest absolute Gasteiger partial charge is 0.390 e. The average molecular weight is 1170 g/mol. The molecule has 0 aliphatic rings. The fourth-order valence-corrected chi connectivity index (χ4v) is 6.79. The summed E-state index contributed by atoms with van der Waals surface area (Å²) in [5.41, 5.74) is 0. The number of halogens is 34. The monoisotopic (exact) mass is 1170 g/mol. The van der Waals surface area contributed by atoms with Gasteiger partial charge in [-0.25, -0.2) is 0 Å². The zero-order chi connectivity index (χ0) is 56.8. The van der Waals surface area contributed by atoms with Crippen molar-refractivity contribution in [1.82, 2.24) is 0 Å². The Kier molecular flexibility index (Phi) is 20.2. The van der Waals surface area contributed by atoms with Crippen molar-refractivity contribution in [1.29, 1.82) is 0 Å². The molecule has 0 spiro atoms. The highest BCUT2D eigenvalue weighted by molar-refractivity contribution is 7.85. The van der Waals surface area contributed by atoms with Crippen LogP contribution in [-0.4, -0.2) is 176 Å². The number of alkyl halides is 34. The molecule has 0 radical (unpaired) electrons. The molecule has 70 heavy (non-hydrogen) atoms. The Morgan fingerprint density at radius 2 is 0.500 bits per heavy atom. The van der Waals surface area contributed by atoms with E-state index in [0.717, 1.165) is 0 Å². The van der Waals surface area contributed by atoms with E-state index in [2.05, 4.69) is 9.47 Å². The van der Waals surface area contributed by atoms with Gasteiger partial charge in [0.05, 0.1) is 50.1 Å². The van der Waals surface area contributed by atoms with Gasteiger partial charge < -0.3 is 19.7 Å². The molecule has 2 N–H and O–H groups in total. The lowest BCUT2D eigenvalue weighted by molar-refractivity contribution is -0.461. The quantitative estimate of drug-likeness (QED) is 0.0573. The summed E-state index contributed by atoms with van der Waals surface area (Å²) >= 11 is 0. The minimum atomic E-state index is -8.89. The molecule has 0 fully saturated rings. The Morgan fingerprint density at radius 1 is 0.314 bits per heavy atom. The van der Waals surface area contributed by atoms with Crippen LogP contribution in [0.4, 0.5) is 149 Å². The Bertz CT molecular complexity index is 1650. The molecule has 0 aliphatic heterocycles. The van der Waals surface area contributed by atoms with E-state index >= 15 is 0 Å². The van der Waals surface area contributed by atoms with E-state index < -0.39 is 191 Å². The van der Waals surface area contributed by atoms with Gasteiger partial charge in [-0.05, 0) is 0 Å². The van der Waals surface area contributed by atoms with E-state index in [1.807, 2.05) is 0 Å². The normalized spacial score (nSPS) is 17.7. The molecular weight excluding hydrogens is 1140 g/mol. The maximum Gasteiger partial charge on any atom is 0.460 e. The molecule has 422 valence electrons. The van der Waals surface area contributed by atoms with Gasteiger partial charge in [-0.1, -0.05) is 0 Å². The van der Waals surface area contributed by atoms with Crippen molar-refractivity contribution >= 4 is 21.6 Å². The lowest BCUT2D eigenvalue weighted by Crippen LogP contribution is -2.74. The molecule has 0 saturated carbocycles. The van der Waals surface area contributed by atoms with Crippen LogP contribution in [0.1, 0.15) is 12.8 Å². The third-order valence-electron chi connectivity index (χ3n) is 8.61. The first-order valence-corrected chi connectivity index (χ1v) is 19.9. The highest BCUT2D eigenvalue weighted by Gasteiger charge is 2.97. The summed E-state index contributed by atoms with van der Waals surface area (Å²) in [5, 5.41) is 19.3. The van der Waals surface area contributed by atoms with Gasteiger partial charge in [0.15, 0.2) is 0 Å². The van der Waals surface area contributed by atoms with Gasteiger partial charge in [-0.3, -0.25) is 8.42 Å². The summed E-state index contributed by atoms with van der Waals surface area (Å²) in [6.45, 7) is -4.09. The molecule has 6 nitrogen and oxygen atoms in total. The van der Waals surface area contributed by atoms with E-state index in [4.69, 9.17) is 0 Å². The Morgan fingerprint density at radius 3 is 0.700 bits per heavy atom. The average Bonchev–Trinajstić information content (AvgIpc) is 3.15. The topological polar surface area (TPSA) is 93.1 Å². The molecule has 42 heteroatoms. The van der Waals surface area contributed by atoms with Gasteiger partial charge in [-0.2, -0.15) is 149 Å². The molecule has 4 atom stereocenters. The van der Waals surface area contributed by atoms with Gasteiger partial charge in [0.25, 0.3) is 0 Å². The van der Waals surface area contributed by atoms with Crippen LogP contribution < -0.4 is 0 Å². The SMILES string of the molecule is O=S(CCC(F)(F)C(F)(F)C(F)(F)C(F)(F)C(F)(F)C(F)(F)C(F)(F)C(F)(F)F)CC(O)COCCOCC(O)CS(=O)CCC(F)(F)C(F)(F)C(F)(F)C(F)(F)C(F)(F)C(F)(F)C(F)(F)C(F)(F)F. The van der Waals surface area contributed by atoms with Crippen molar-refractivity contribution < 1.29 is 177 Å². The molecular formula is C28H24F34O6S2. The van der Waals surface area contributed by atoms with Crippen LogP contribution in [0.5, 0.6) is 0 Å². The number of ether oxygens (including phenoxy) is 2. The van der Waals surface area contributed by atoms with Crippen LogP contribution in [0.2, 0.25) is 0 Å². The van der Waals surface area contributed by atoms with E-state index in [0.29, 0.717) is 0 Å². The second kappa shape index (κ2) is 20.8. The van der Waals surface area contributed by atoms with E-state index in [1.165, 1.54) is 0 Å². The fraction of sp³-hybridized carbons (Fsp3) is 1.00. The zero-order valence-corrected chi connectivity index (χ0v) is 34.1. The number of aliphatic hydroxyl groups excluding tert-OH is 2. The third-order valence-corrected chi connectivity index (χ3v) is 11.4. The van der Waals surface area contributed by atoms with E-state index in [-0.39, 0.29) is 0 Å².